The minimum Gasteiger partial charge on any atom is -0.496 e. The van der Waals surface area contributed by atoms with Crippen molar-refractivity contribution in [2.75, 3.05) is 20.3 Å². The summed E-state index contributed by atoms with van der Waals surface area (Å²) >= 11 is 0. The fourth-order valence-corrected chi connectivity index (χ4v) is 2.34. The van der Waals surface area contributed by atoms with Crippen LogP contribution in [0.2, 0.25) is 0 Å². The van der Waals surface area contributed by atoms with Crippen LogP contribution in [0.5, 0.6) is 5.75 Å². The van der Waals surface area contributed by atoms with Gasteiger partial charge in [-0.3, -0.25) is 4.79 Å². The fourth-order valence-electron chi connectivity index (χ4n) is 2.34. The first-order chi connectivity index (χ1) is 11.7. The molecular formula is C20H23NO3. The van der Waals surface area contributed by atoms with Gasteiger partial charge in [-0.15, -0.1) is 6.58 Å². The normalized spacial score (nSPS) is 10.2. The van der Waals surface area contributed by atoms with E-state index in [9.17, 15) is 4.79 Å². The molecule has 0 atom stereocenters. The molecule has 0 aliphatic carbocycles. The standard InChI is InChI=1S/C20H23NO3/c1-3-7-17-14-18(10-11-19(17)23-2)20(22)21-12-13-24-15-16-8-5-4-6-9-16/h3-6,8-11,14H,1,7,12-13,15H2,2H3,(H,21,22). The molecule has 2 aromatic carbocycles. The Morgan fingerprint density at radius 3 is 2.71 bits per heavy atom. The van der Waals surface area contributed by atoms with E-state index in [0.717, 1.165) is 16.9 Å². The van der Waals surface area contributed by atoms with Gasteiger partial charge in [0, 0.05) is 12.1 Å². The average Bonchev–Trinajstić information content (AvgIpc) is 2.62. The molecule has 2 rings (SSSR count). The highest BCUT2D eigenvalue weighted by Gasteiger charge is 2.09. The van der Waals surface area contributed by atoms with Crippen LogP contribution in [-0.4, -0.2) is 26.2 Å². The van der Waals surface area contributed by atoms with E-state index in [1.165, 1.54) is 0 Å². The van der Waals surface area contributed by atoms with Crippen molar-refractivity contribution in [3.63, 3.8) is 0 Å². The van der Waals surface area contributed by atoms with Crippen LogP contribution in [0, 0.1) is 0 Å². The predicted molar refractivity (Wildman–Crippen MR) is 95.3 cm³/mol. The van der Waals surface area contributed by atoms with Gasteiger partial charge in [0.1, 0.15) is 5.75 Å². The van der Waals surface area contributed by atoms with Crippen molar-refractivity contribution in [1.29, 1.82) is 0 Å². The van der Waals surface area contributed by atoms with E-state index in [1.54, 1.807) is 25.3 Å². The van der Waals surface area contributed by atoms with Crippen LogP contribution >= 0.6 is 0 Å². The maximum absolute atomic E-state index is 12.2. The van der Waals surface area contributed by atoms with Crippen LogP contribution in [0.4, 0.5) is 0 Å². The first kappa shape index (κ1) is 17.8. The molecule has 24 heavy (non-hydrogen) atoms. The number of carbonyl (C=O) groups excluding carboxylic acids is 1. The van der Waals surface area contributed by atoms with Gasteiger partial charge in [-0.25, -0.2) is 0 Å². The number of hydrogen-bond donors (Lipinski definition) is 1. The largest absolute Gasteiger partial charge is 0.496 e. The van der Waals surface area contributed by atoms with Crippen LogP contribution in [0.3, 0.4) is 0 Å². The van der Waals surface area contributed by atoms with Crippen LogP contribution in [0.1, 0.15) is 21.5 Å². The number of methoxy groups -OCH3 is 1. The molecule has 0 radical (unpaired) electrons. The summed E-state index contributed by atoms with van der Waals surface area (Å²) in [5.41, 5.74) is 2.67. The van der Waals surface area contributed by atoms with Crippen molar-refractivity contribution in [1.82, 2.24) is 5.32 Å². The van der Waals surface area contributed by atoms with Gasteiger partial charge in [0.25, 0.3) is 5.91 Å². The van der Waals surface area contributed by atoms with Gasteiger partial charge in [-0.2, -0.15) is 0 Å². The maximum atomic E-state index is 12.2. The highest BCUT2D eigenvalue weighted by molar-refractivity contribution is 5.94. The summed E-state index contributed by atoms with van der Waals surface area (Å²) in [6, 6.07) is 15.3. The lowest BCUT2D eigenvalue weighted by molar-refractivity contribution is 0.0901. The number of allylic oxidation sites excluding steroid dienone is 1. The highest BCUT2D eigenvalue weighted by atomic mass is 16.5. The van der Waals surface area contributed by atoms with Crippen molar-refractivity contribution in [2.45, 2.75) is 13.0 Å². The van der Waals surface area contributed by atoms with Crippen molar-refractivity contribution in [2.24, 2.45) is 0 Å². The second-order valence-electron chi connectivity index (χ2n) is 5.31. The Morgan fingerprint density at radius 1 is 1.21 bits per heavy atom. The number of amides is 1. The minimum absolute atomic E-state index is 0.119. The SMILES string of the molecule is C=CCc1cc(C(=O)NCCOCc2ccccc2)ccc1OC. The van der Waals surface area contributed by atoms with Gasteiger partial charge in [0.05, 0.1) is 20.3 Å². The lowest BCUT2D eigenvalue weighted by Crippen LogP contribution is -2.27. The Hall–Kier alpha value is -2.59. The van der Waals surface area contributed by atoms with Crippen molar-refractivity contribution in [3.8, 4) is 5.75 Å². The molecular weight excluding hydrogens is 302 g/mol. The summed E-state index contributed by atoms with van der Waals surface area (Å²) in [6.45, 7) is 5.21. The molecule has 0 bridgehead atoms. The van der Waals surface area contributed by atoms with Crippen molar-refractivity contribution in [3.05, 3.63) is 77.9 Å². The van der Waals surface area contributed by atoms with E-state index in [2.05, 4.69) is 11.9 Å². The Morgan fingerprint density at radius 2 is 2.00 bits per heavy atom. The van der Waals surface area contributed by atoms with Gasteiger partial charge < -0.3 is 14.8 Å². The Balaban J connectivity index is 1.79. The Bertz CT molecular complexity index is 668. The summed E-state index contributed by atoms with van der Waals surface area (Å²) in [7, 11) is 1.62. The summed E-state index contributed by atoms with van der Waals surface area (Å²) in [4.78, 5) is 12.2. The predicted octanol–water partition coefficient (Wildman–Crippen LogP) is 3.37. The quantitative estimate of drug-likeness (QED) is 0.568. The fraction of sp³-hybridized carbons (Fsp3) is 0.250. The molecule has 0 spiro atoms. The molecule has 0 aliphatic heterocycles. The topological polar surface area (TPSA) is 47.6 Å². The molecule has 0 saturated carbocycles. The third kappa shape index (κ3) is 5.25. The average molecular weight is 325 g/mol. The van der Waals surface area contributed by atoms with E-state index in [4.69, 9.17) is 9.47 Å². The zero-order chi connectivity index (χ0) is 17.2. The minimum atomic E-state index is -0.119. The molecule has 4 heteroatoms. The van der Waals surface area contributed by atoms with Crippen LogP contribution in [0.15, 0.2) is 61.2 Å². The monoisotopic (exact) mass is 325 g/mol. The smallest absolute Gasteiger partial charge is 0.251 e. The van der Waals surface area contributed by atoms with E-state index < -0.39 is 0 Å². The highest BCUT2D eigenvalue weighted by Crippen LogP contribution is 2.20. The molecule has 0 saturated heterocycles. The maximum Gasteiger partial charge on any atom is 0.251 e. The van der Waals surface area contributed by atoms with Gasteiger partial charge in [-0.1, -0.05) is 36.4 Å². The molecule has 0 heterocycles. The van der Waals surface area contributed by atoms with Crippen molar-refractivity contribution < 1.29 is 14.3 Å². The van der Waals surface area contributed by atoms with Gasteiger partial charge in [0.2, 0.25) is 0 Å². The summed E-state index contributed by atoms with van der Waals surface area (Å²) in [5, 5.41) is 2.86. The van der Waals surface area contributed by atoms with E-state index in [-0.39, 0.29) is 5.91 Å². The number of ether oxygens (including phenoxy) is 2. The zero-order valence-corrected chi connectivity index (χ0v) is 14.0. The van der Waals surface area contributed by atoms with Crippen LogP contribution in [0.25, 0.3) is 0 Å². The molecule has 1 amide bonds. The van der Waals surface area contributed by atoms with Crippen LogP contribution < -0.4 is 10.1 Å². The number of benzene rings is 2. The molecule has 0 unspecified atom stereocenters. The molecule has 2 aromatic rings. The van der Waals surface area contributed by atoms with Gasteiger partial charge in [-0.05, 0) is 35.7 Å². The van der Waals surface area contributed by atoms with E-state index in [0.29, 0.717) is 31.7 Å². The molecule has 126 valence electrons. The third-order valence-electron chi connectivity index (χ3n) is 3.55. The Kier molecular flexibility index (Phi) is 7.05. The second-order valence-corrected chi connectivity index (χ2v) is 5.31. The summed E-state index contributed by atoms with van der Waals surface area (Å²) in [6.07, 6.45) is 2.45. The molecule has 4 nitrogen and oxygen atoms in total. The first-order valence-corrected chi connectivity index (χ1v) is 7.92. The number of carbonyl (C=O) groups is 1. The van der Waals surface area contributed by atoms with Gasteiger partial charge >= 0.3 is 0 Å². The molecule has 0 aliphatic rings. The number of nitrogens with one attached hydrogen (secondary N) is 1. The third-order valence-corrected chi connectivity index (χ3v) is 3.55. The zero-order valence-electron chi connectivity index (χ0n) is 14.0. The van der Waals surface area contributed by atoms with Gasteiger partial charge in [0.15, 0.2) is 0 Å². The van der Waals surface area contributed by atoms with E-state index in [1.807, 2.05) is 36.4 Å². The van der Waals surface area contributed by atoms with Crippen LogP contribution in [-0.2, 0) is 17.8 Å². The lowest BCUT2D eigenvalue weighted by atomic mass is 10.1. The summed E-state index contributed by atoms with van der Waals surface area (Å²) < 4.78 is 10.8. The molecule has 0 fully saturated rings. The van der Waals surface area contributed by atoms with E-state index >= 15 is 0 Å². The lowest BCUT2D eigenvalue weighted by Gasteiger charge is -2.10. The van der Waals surface area contributed by atoms with Crippen molar-refractivity contribution >= 4 is 5.91 Å². The number of hydrogen-bond acceptors (Lipinski definition) is 3. The Labute approximate surface area is 143 Å². The molecule has 1 N–H and O–H groups in total. The number of rotatable bonds is 9. The molecule has 0 aromatic heterocycles. The second kappa shape index (κ2) is 9.53. The summed E-state index contributed by atoms with van der Waals surface area (Å²) in [5.74, 6) is 0.643. The first-order valence-electron chi connectivity index (χ1n) is 7.92.